The monoisotopic (exact) mass is 459 g/mol. The first-order chi connectivity index (χ1) is 15.3. The van der Waals surface area contributed by atoms with Crippen LogP contribution >= 0.6 is 11.8 Å². The van der Waals surface area contributed by atoms with Crippen LogP contribution in [-0.4, -0.2) is 47.7 Å². The van der Waals surface area contributed by atoms with Gasteiger partial charge >= 0.3 is 5.69 Å². The topological polar surface area (TPSA) is 130 Å². The molecule has 3 aromatic rings. The predicted octanol–water partition coefficient (Wildman–Crippen LogP) is 2.91. The Balaban J connectivity index is 1.54. The first-order valence-electron chi connectivity index (χ1n) is 10.0. The van der Waals surface area contributed by atoms with Gasteiger partial charge in [0, 0.05) is 25.7 Å². The number of carbonyl (C=O) groups is 1. The van der Waals surface area contributed by atoms with Gasteiger partial charge in [-0.2, -0.15) is 5.10 Å². The Kier molecular flexibility index (Phi) is 7.46. The maximum atomic E-state index is 12.3. The van der Waals surface area contributed by atoms with Crippen LogP contribution in [0.1, 0.15) is 24.1 Å². The van der Waals surface area contributed by atoms with Crippen molar-refractivity contribution < 1.29 is 14.5 Å². The van der Waals surface area contributed by atoms with Crippen molar-refractivity contribution in [1.29, 1.82) is 0 Å². The largest absolute Gasteiger partial charge is 0.494 e. The standard InChI is InChI=1S/C20H25N7O4S/c1-5-31-16-8-6-15(7-9-16)21-18(28)12-32-20-23-22-17(25(20)4)10-11-26-14(3)19(27(29)30)13(2)24-26/h6-9H,5,10-12H2,1-4H3,(H,21,28). The molecule has 32 heavy (non-hydrogen) atoms. The molecule has 170 valence electrons. The number of hydrogen-bond donors (Lipinski definition) is 1. The van der Waals surface area contributed by atoms with Gasteiger partial charge in [-0.3, -0.25) is 19.6 Å². The van der Waals surface area contributed by atoms with E-state index in [1.54, 1.807) is 42.8 Å². The number of aromatic nitrogens is 5. The van der Waals surface area contributed by atoms with Crippen LogP contribution < -0.4 is 10.1 Å². The highest BCUT2D eigenvalue weighted by molar-refractivity contribution is 7.99. The fourth-order valence-corrected chi connectivity index (χ4v) is 3.92. The highest BCUT2D eigenvalue weighted by Crippen LogP contribution is 2.22. The SMILES string of the molecule is CCOc1ccc(NC(=O)CSc2nnc(CCn3nc(C)c([N+](=O)[O-])c3C)n2C)cc1. The minimum Gasteiger partial charge on any atom is -0.494 e. The molecule has 0 fully saturated rings. The molecule has 11 nitrogen and oxygen atoms in total. The van der Waals surface area contributed by atoms with Crippen molar-refractivity contribution in [1.82, 2.24) is 24.5 Å². The van der Waals surface area contributed by atoms with Crippen LogP contribution in [0.5, 0.6) is 5.75 Å². The fraction of sp³-hybridized carbons (Fsp3) is 0.400. The van der Waals surface area contributed by atoms with Gasteiger partial charge in [0.2, 0.25) is 5.91 Å². The molecule has 0 aliphatic heterocycles. The molecule has 0 saturated heterocycles. The number of nitrogens with one attached hydrogen (secondary N) is 1. The highest BCUT2D eigenvalue weighted by Gasteiger charge is 2.22. The second kappa shape index (κ2) is 10.3. The van der Waals surface area contributed by atoms with Crippen LogP contribution in [0.15, 0.2) is 29.4 Å². The van der Waals surface area contributed by atoms with E-state index in [0.717, 1.165) is 5.75 Å². The zero-order chi connectivity index (χ0) is 23.3. The number of ether oxygens (including phenoxy) is 1. The van der Waals surface area contributed by atoms with E-state index < -0.39 is 4.92 Å². The Labute approximate surface area is 189 Å². The maximum absolute atomic E-state index is 12.3. The third kappa shape index (κ3) is 5.44. The third-order valence-electron chi connectivity index (χ3n) is 4.78. The second-order valence-electron chi connectivity index (χ2n) is 7.00. The normalized spacial score (nSPS) is 10.9. The lowest BCUT2D eigenvalue weighted by Gasteiger charge is -2.07. The quantitative estimate of drug-likeness (QED) is 0.278. The van der Waals surface area contributed by atoms with Crippen LogP contribution in [0.4, 0.5) is 11.4 Å². The molecular formula is C20H25N7O4S. The average Bonchev–Trinajstić information content (AvgIpc) is 3.24. The number of nitro groups is 1. The molecule has 0 saturated carbocycles. The van der Waals surface area contributed by atoms with Crippen molar-refractivity contribution in [2.24, 2.45) is 7.05 Å². The zero-order valence-electron chi connectivity index (χ0n) is 18.4. The number of nitrogens with zero attached hydrogens (tertiary/aromatic N) is 6. The first kappa shape index (κ1) is 23.3. The van der Waals surface area contributed by atoms with Gasteiger partial charge in [-0.15, -0.1) is 10.2 Å². The van der Waals surface area contributed by atoms with Gasteiger partial charge in [0.25, 0.3) is 0 Å². The molecule has 2 aromatic heterocycles. The summed E-state index contributed by atoms with van der Waals surface area (Å²) in [5.41, 5.74) is 1.63. The smallest absolute Gasteiger partial charge is 0.312 e. The number of aryl methyl sites for hydroxylation is 3. The highest BCUT2D eigenvalue weighted by atomic mass is 32.2. The third-order valence-corrected chi connectivity index (χ3v) is 5.80. The summed E-state index contributed by atoms with van der Waals surface area (Å²) in [5.74, 6) is 1.48. The van der Waals surface area contributed by atoms with E-state index in [2.05, 4.69) is 20.6 Å². The van der Waals surface area contributed by atoms with Crippen LogP contribution in [0.2, 0.25) is 0 Å². The van der Waals surface area contributed by atoms with Crippen LogP contribution in [0.3, 0.4) is 0 Å². The molecule has 0 atom stereocenters. The van der Waals surface area contributed by atoms with Gasteiger partial charge < -0.3 is 14.6 Å². The number of benzene rings is 1. The second-order valence-corrected chi connectivity index (χ2v) is 7.94. The molecule has 0 unspecified atom stereocenters. The number of carbonyl (C=O) groups excluding carboxylic acids is 1. The molecule has 0 aliphatic carbocycles. The van der Waals surface area contributed by atoms with E-state index in [9.17, 15) is 14.9 Å². The van der Waals surface area contributed by atoms with Crippen LogP contribution in [-0.2, 0) is 24.8 Å². The summed E-state index contributed by atoms with van der Waals surface area (Å²) < 4.78 is 8.81. The number of hydrogen-bond acceptors (Lipinski definition) is 8. The Morgan fingerprint density at radius 2 is 1.97 bits per heavy atom. The summed E-state index contributed by atoms with van der Waals surface area (Å²) in [6.07, 6.45) is 0.502. The molecule has 12 heteroatoms. The molecule has 0 bridgehead atoms. The van der Waals surface area contributed by atoms with Crippen molar-refractivity contribution in [3.8, 4) is 5.75 Å². The molecular weight excluding hydrogens is 434 g/mol. The lowest BCUT2D eigenvalue weighted by atomic mass is 10.3. The summed E-state index contributed by atoms with van der Waals surface area (Å²) in [7, 11) is 1.83. The van der Waals surface area contributed by atoms with Crippen molar-refractivity contribution in [2.45, 2.75) is 38.9 Å². The lowest BCUT2D eigenvalue weighted by Crippen LogP contribution is -2.14. The molecule has 1 amide bonds. The Hall–Kier alpha value is -3.41. The number of rotatable bonds is 10. The predicted molar refractivity (Wildman–Crippen MR) is 120 cm³/mol. The van der Waals surface area contributed by atoms with Crippen molar-refractivity contribution in [3.05, 3.63) is 51.6 Å². The summed E-state index contributed by atoms with van der Waals surface area (Å²) >= 11 is 1.28. The van der Waals surface area contributed by atoms with Gasteiger partial charge in [0.15, 0.2) is 5.16 Å². The number of anilines is 1. The van der Waals surface area contributed by atoms with E-state index in [-0.39, 0.29) is 17.3 Å². The number of thioether (sulfide) groups is 1. The summed E-state index contributed by atoms with van der Waals surface area (Å²) in [6.45, 7) is 6.24. The van der Waals surface area contributed by atoms with E-state index in [4.69, 9.17) is 4.74 Å². The molecule has 3 rings (SSSR count). The summed E-state index contributed by atoms with van der Waals surface area (Å²) in [6, 6.07) is 7.19. The van der Waals surface area contributed by atoms with Crippen molar-refractivity contribution >= 4 is 29.0 Å². The van der Waals surface area contributed by atoms with Gasteiger partial charge in [-0.05, 0) is 45.0 Å². The van der Waals surface area contributed by atoms with Gasteiger partial charge in [-0.25, -0.2) is 0 Å². The number of amides is 1. The Morgan fingerprint density at radius 3 is 2.59 bits per heavy atom. The molecule has 0 radical (unpaired) electrons. The van der Waals surface area contributed by atoms with E-state index in [1.165, 1.54) is 11.8 Å². The average molecular weight is 460 g/mol. The molecule has 0 spiro atoms. The molecule has 2 heterocycles. The van der Waals surface area contributed by atoms with Gasteiger partial charge in [-0.1, -0.05) is 11.8 Å². The minimum atomic E-state index is -0.413. The summed E-state index contributed by atoms with van der Waals surface area (Å²) in [4.78, 5) is 23.0. The van der Waals surface area contributed by atoms with E-state index in [0.29, 0.717) is 47.6 Å². The van der Waals surface area contributed by atoms with Gasteiger partial charge in [0.05, 0.1) is 17.3 Å². The Morgan fingerprint density at radius 1 is 1.25 bits per heavy atom. The Bertz CT molecular complexity index is 1110. The fourth-order valence-electron chi connectivity index (χ4n) is 3.19. The lowest BCUT2D eigenvalue weighted by molar-refractivity contribution is -0.386. The first-order valence-corrected chi connectivity index (χ1v) is 11.0. The molecule has 1 aromatic carbocycles. The molecule has 1 N–H and O–H groups in total. The van der Waals surface area contributed by atoms with Crippen LogP contribution in [0.25, 0.3) is 0 Å². The summed E-state index contributed by atoms with van der Waals surface area (Å²) in [5, 5.41) is 27.2. The van der Waals surface area contributed by atoms with E-state index >= 15 is 0 Å². The van der Waals surface area contributed by atoms with Gasteiger partial charge in [0.1, 0.15) is 23.0 Å². The van der Waals surface area contributed by atoms with Crippen molar-refractivity contribution in [2.75, 3.05) is 17.7 Å². The minimum absolute atomic E-state index is 0.0396. The maximum Gasteiger partial charge on any atom is 0.312 e. The van der Waals surface area contributed by atoms with Crippen molar-refractivity contribution in [3.63, 3.8) is 0 Å². The zero-order valence-corrected chi connectivity index (χ0v) is 19.2. The van der Waals surface area contributed by atoms with E-state index in [1.807, 2.05) is 18.5 Å². The molecule has 0 aliphatic rings. The van der Waals surface area contributed by atoms with Crippen LogP contribution in [0, 0.1) is 24.0 Å².